The van der Waals surface area contributed by atoms with E-state index in [2.05, 4.69) is 15.2 Å². The number of benzene rings is 3. The highest BCUT2D eigenvalue weighted by molar-refractivity contribution is 5.99. The summed E-state index contributed by atoms with van der Waals surface area (Å²) in [6, 6.07) is 19.7. The predicted molar refractivity (Wildman–Crippen MR) is 94.3 cm³/mol. The van der Waals surface area contributed by atoms with Crippen LogP contribution in [-0.2, 0) is 0 Å². The van der Waals surface area contributed by atoms with E-state index in [9.17, 15) is 8.78 Å². The van der Waals surface area contributed by atoms with Gasteiger partial charge >= 0.3 is 0 Å². The first-order valence-electron chi connectivity index (χ1n) is 7.75. The Morgan fingerprint density at radius 2 is 1.32 bits per heavy atom. The zero-order valence-corrected chi connectivity index (χ0v) is 13.1. The number of para-hydroxylation sites is 1. The van der Waals surface area contributed by atoms with E-state index in [1.54, 1.807) is 24.3 Å². The summed E-state index contributed by atoms with van der Waals surface area (Å²) in [4.78, 5) is 3.31. The summed E-state index contributed by atoms with van der Waals surface area (Å²) in [7, 11) is 0. The summed E-state index contributed by atoms with van der Waals surface area (Å²) >= 11 is 0. The van der Waals surface area contributed by atoms with Gasteiger partial charge in [0, 0.05) is 16.5 Å². The number of H-pyrrole nitrogens is 1. The third kappa shape index (κ3) is 3.04. The average Bonchev–Trinajstić information content (AvgIpc) is 3.00. The number of hydrogen-bond acceptors (Lipinski definition) is 2. The molecule has 25 heavy (non-hydrogen) atoms. The van der Waals surface area contributed by atoms with Gasteiger partial charge in [-0.25, -0.2) is 8.78 Å². The van der Waals surface area contributed by atoms with Crippen LogP contribution in [0.25, 0.3) is 22.2 Å². The van der Waals surface area contributed by atoms with Gasteiger partial charge in [-0.1, -0.05) is 18.2 Å². The Balaban J connectivity index is 1.84. The van der Waals surface area contributed by atoms with Crippen molar-refractivity contribution in [2.45, 2.75) is 0 Å². The Labute approximate surface area is 142 Å². The van der Waals surface area contributed by atoms with Crippen LogP contribution in [0.15, 0.2) is 83.0 Å². The molecule has 0 bridgehead atoms. The Hall–Kier alpha value is -3.34. The summed E-state index contributed by atoms with van der Waals surface area (Å²) in [6.07, 6.45) is 0. The molecule has 0 unspecified atom stereocenters. The highest BCUT2D eigenvalue weighted by atomic mass is 19.1. The van der Waals surface area contributed by atoms with Crippen molar-refractivity contribution in [3.8, 4) is 11.3 Å². The zero-order chi connectivity index (χ0) is 17.2. The predicted octanol–water partition coefficient (Wildman–Crippen LogP) is 6.53. The minimum Gasteiger partial charge on any atom is -0.353 e. The van der Waals surface area contributed by atoms with Crippen molar-refractivity contribution >= 4 is 22.3 Å². The number of aromatic nitrogens is 1. The van der Waals surface area contributed by atoms with Crippen LogP contribution in [0, 0.1) is 11.6 Å². The van der Waals surface area contributed by atoms with Gasteiger partial charge in [-0.05, 0) is 54.6 Å². The summed E-state index contributed by atoms with van der Waals surface area (Å²) in [5.41, 5.74) is 3.69. The Morgan fingerprint density at radius 3 is 2.04 bits per heavy atom. The second kappa shape index (κ2) is 6.28. The molecule has 3 aromatic carbocycles. The Kier molecular flexibility index (Phi) is 3.82. The third-order valence-corrected chi connectivity index (χ3v) is 3.90. The normalized spacial score (nSPS) is 11.4. The molecule has 0 amide bonds. The van der Waals surface area contributed by atoms with E-state index in [0.29, 0.717) is 11.4 Å². The molecule has 4 aromatic rings. The van der Waals surface area contributed by atoms with Crippen LogP contribution in [0.5, 0.6) is 0 Å². The van der Waals surface area contributed by atoms with E-state index in [-0.39, 0.29) is 11.6 Å². The molecule has 1 N–H and O–H groups in total. The first-order chi connectivity index (χ1) is 12.2. The maximum absolute atomic E-state index is 13.2. The standard InChI is InChI=1S/C20H13F2N3/c21-14-7-5-13(6-8-14)19-20(17-3-1-2-4-18(17)23-19)25-24-16-11-9-15(22)10-12-16/h1-12,23H/b25-24+. The highest BCUT2D eigenvalue weighted by Crippen LogP contribution is 2.38. The van der Waals surface area contributed by atoms with Crippen molar-refractivity contribution in [2.24, 2.45) is 10.2 Å². The number of aromatic amines is 1. The third-order valence-electron chi connectivity index (χ3n) is 3.90. The topological polar surface area (TPSA) is 40.5 Å². The monoisotopic (exact) mass is 333 g/mol. The van der Waals surface area contributed by atoms with Gasteiger partial charge in [-0.3, -0.25) is 0 Å². The SMILES string of the molecule is Fc1ccc(/N=N/c2c(-c3ccc(F)cc3)[nH]c3ccccc23)cc1. The lowest BCUT2D eigenvalue weighted by atomic mass is 10.1. The van der Waals surface area contributed by atoms with E-state index in [4.69, 9.17) is 0 Å². The van der Waals surface area contributed by atoms with Gasteiger partial charge in [-0.15, -0.1) is 5.11 Å². The van der Waals surface area contributed by atoms with Gasteiger partial charge in [0.2, 0.25) is 0 Å². The minimum absolute atomic E-state index is 0.297. The van der Waals surface area contributed by atoms with E-state index in [1.807, 2.05) is 24.3 Å². The highest BCUT2D eigenvalue weighted by Gasteiger charge is 2.13. The van der Waals surface area contributed by atoms with Gasteiger partial charge in [0.1, 0.15) is 17.3 Å². The lowest BCUT2D eigenvalue weighted by Gasteiger charge is -2.00. The van der Waals surface area contributed by atoms with Gasteiger partial charge in [0.15, 0.2) is 0 Å². The first-order valence-corrected chi connectivity index (χ1v) is 7.75. The van der Waals surface area contributed by atoms with Gasteiger partial charge < -0.3 is 4.98 Å². The largest absolute Gasteiger partial charge is 0.353 e. The molecule has 1 heterocycles. The van der Waals surface area contributed by atoms with Gasteiger partial charge in [0.25, 0.3) is 0 Å². The molecule has 0 saturated carbocycles. The maximum Gasteiger partial charge on any atom is 0.123 e. The Morgan fingerprint density at radius 1 is 0.680 bits per heavy atom. The van der Waals surface area contributed by atoms with E-state index < -0.39 is 0 Å². The number of hydrogen-bond donors (Lipinski definition) is 1. The van der Waals surface area contributed by atoms with Crippen molar-refractivity contribution in [3.05, 3.63) is 84.4 Å². The fourth-order valence-corrected chi connectivity index (χ4v) is 2.67. The molecule has 0 atom stereocenters. The summed E-state index contributed by atoms with van der Waals surface area (Å²) in [6.45, 7) is 0. The molecule has 0 aliphatic rings. The number of fused-ring (bicyclic) bond motifs is 1. The second-order valence-electron chi connectivity index (χ2n) is 5.58. The fraction of sp³-hybridized carbons (Fsp3) is 0. The summed E-state index contributed by atoms with van der Waals surface area (Å²) < 4.78 is 26.2. The van der Waals surface area contributed by atoms with Gasteiger partial charge in [-0.2, -0.15) is 5.11 Å². The second-order valence-corrected chi connectivity index (χ2v) is 5.58. The Bertz CT molecular complexity index is 1050. The number of halogens is 2. The number of nitrogens with zero attached hydrogens (tertiary/aromatic N) is 2. The van der Waals surface area contributed by atoms with Crippen LogP contribution in [0.2, 0.25) is 0 Å². The van der Waals surface area contributed by atoms with Crippen molar-refractivity contribution in [1.82, 2.24) is 4.98 Å². The molecule has 0 aliphatic heterocycles. The number of azo groups is 1. The van der Waals surface area contributed by atoms with Crippen molar-refractivity contribution in [1.29, 1.82) is 0 Å². The van der Waals surface area contributed by atoms with Crippen molar-refractivity contribution in [3.63, 3.8) is 0 Å². The molecule has 122 valence electrons. The van der Waals surface area contributed by atoms with E-state index in [1.165, 1.54) is 24.3 Å². The molecular formula is C20H13F2N3. The van der Waals surface area contributed by atoms with Crippen molar-refractivity contribution < 1.29 is 8.78 Å². The molecule has 0 saturated heterocycles. The molecule has 0 aliphatic carbocycles. The van der Waals surface area contributed by atoms with Crippen LogP contribution >= 0.6 is 0 Å². The van der Waals surface area contributed by atoms with Crippen molar-refractivity contribution in [2.75, 3.05) is 0 Å². The molecule has 4 rings (SSSR count). The minimum atomic E-state index is -0.321. The molecule has 5 heteroatoms. The smallest absolute Gasteiger partial charge is 0.123 e. The van der Waals surface area contributed by atoms with Crippen LogP contribution < -0.4 is 0 Å². The molecule has 3 nitrogen and oxygen atoms in total. The molecule has 0 spiro atoms. The molecule has 0 fully saturated rings. The zero-order valence-electron chi connectivity index (χ0n) is 13.1. The fourth-order valence-electron chi connectivity index (χ4n) is 2.67. The van der Waals surface area contributed by atoms with E-state index >= 15 is 0 Å². The quantitative estimate of drug-likeness (QED) is 0.414. The van der Waals surface area contributed by atoms with Crippen LogP contribution in [0.4, 0.5) is 20.2 Å². The summed E-state index contributed by atoms with van der Waals surface area (Å²) in [5, 5.41) is 9.49. The molecule has 0 radical (unpaired) electrons. The number of rotatable bonds is 3. The maximum atomic E-state index is 13.2. The van der Waals surface area contributed by atoms with E-state index in [0.717, 1.165) is 22.2 Å². The lowest BCUT2D eigenvalue weighted by Crippen LogP contribution is -1.79. The van der Waals surface area contributed by atoms with Crippen LogP contribution in [-0.4, -0.2) is 4.98 Å². The lowest BCUT2D eigenvalue weighted by molar-refractivity contribution is 0.627. The average molecular weight is 333 g/mol. The van der Waals surface area contributed by atoms with Crippen LogP contribution in [0.3, 0.4) is 0 Å². The summed E-state index contributed by atoms with van der Waals surface area (Å²) in [5.74, 6) is -0.618. The first kappa shape index (κ1) is 15.2. The molecular weight excluding hydrogens is 320 g/mol. The molecule has 1 aromatic heterocycles. The number of nitrogens with one attached hydrogen (secondary N) is 1. The van der Waals surface area contributed by atoms with Gasteiger partial charge in [0.05, 0.1) is 11.4 Å². The van der Waals surface area contributed by atoms with Crippen LogP contribution in [0.1, 0.15) is 0 Å².